The van der Waals surface area contributed by atoms with E-state index in [0.717, 1.165) is 6.54 Å². The number of pyridine rings is 1. The highest BCUT2D eigenvalue weighted by Crippen LogP contribution is 2.21. The van der Waals surface area contributed by atoms with E-state index >= 15 is 0 Å². The maximum Gasteiger partial charge on any atom is 0.196 e. The molecule has 0 aliphatic carbocycles. The van der Waals surface area contributed by atoms with Crippen LogP contribution in [-0.2, 0) is 0 Å². The van der Waals surface area contributed by atoms with E-state index in [1.807, 2.05) is 6.92 Å². The van der Waals surface area contributed by atoms with Crippen LogP contribution in [0.25, 0.3) is 0 Å². The van der Waals surface area contributed by atoms with E-state index in [2.05, 4.69) is 4.98 Å². The fourth-order valence-electron chi connectivity index (χ4n) is 1.40. The van der Waals surface area contributed by atoms with Gasteiger partial charge in [0.25, 0.3) is 0 Å². The number of hydrogen-bond donors (Lipinski definition) is 2. The first-order valence-electron chi connectivity index (χ1n) is 5.80. The van der Waals surface area contributed by atoms with Crippen LogP contribution < -0.4 is 11.5 Å². The van der Waals surface area contributed by atoms with Crippen LogP contribution in [0, 0.1) is 0 Å². The van der Waals surface area contributed by atoms with Crippen molar-refractivity contribution in [1.29, 1.82) is 0 Å². The summed E-state index contributed by atoms with van der Waals surface area (Å²) < 4.78 is 0. The molecule has 0 bridgehead atoms. The van der Waals surface area contributed by atoms with Gasteiger partial charge in [0, 0.05) is 17.3 Å². The highest BCUT2D eigenvalue weighted by molar-refractivity contribution is 6.35. The van der Waals surface area contributed by atoms with Gasteiger partial charge in [0.1, 0.15) is 0 Å². The van der Waals surface area contributed by atoms with E-state index < -0.39 is 0 Å². The summed E-state index contributed by atoms with van der Waals surface area (Å²) in [4.78, 5) is 15.9. The lowest BCUT2D eigenvalue weighted by Gasteiger charge is -2.05. The Bertz CT molecular complexity index is 510. The molecule has 0 spiro atoms. The monoisotopic (exact) mass is 277 g/mol. The van der Waals surface area contributed by atoms with E-state index in [9.17, 15) is 4.79 Å². The number of ketones is 1. The molecule has 1 heterocycles. The van der Waals surface area contributed by atoms with E-state index in [-0.39, 0.29) is 5.78 Å². The van der Waals surface area contributed by atoms with Crippen molar-refractivity contribution in [1.82, 2.24) is 4.98 Å². The Morgan fingerprint density at radius 1 is 1.26 bits per heavy atom. The van der Waals surface area contributed by atoms with Gasteiger partial charge in [-0.3, -0.25) is 9.78 Å². The Morgan fingerprint density at radius 2 is 1.89 bits per heavy atom. The minimum Gasteiger partial charge on any atom is -0.397 e. The molecule has 0 saturated carbocycles. The molecule has 2 aromatic rings. The second kappa shape index (κ2) is 7.51. The molecule has 0 radical (unpaired) electrons. The van der Waals surface area contributed by atoms with Crippen LogP contribution in [0.15, 0.2) is 42.7 Å². The summed E-state index contributed by atoms with van der Waals surface area (Å²) in [6, 6.07) is 8.46. The Labute approximate surface area is 117 Å². The third-order valence-electron chi connectivity index (χ3n) is 2.22. The molecule has 19 heavy (non-hydrogen) atoms. The molecule has 0 unspecified atom stereocenters. The van der Waals surface area contributed by atoms with Crippen molar-refractivity contribution < 1.29 is 4.79 Å². The van der Waals surface area contributed by atoms with Gasteiger partial charge in [-0.15, -0.1) is 0 Å². The second-order valence-electron chi connectivity index (χ2n) is 3.68. The average molecular weight is 278 g/mol. The number of nitrogens with zero attached hydrogens (tertiary/aromatic N) is 1. The van der Waals surface area contributed by atoms with Crippen LogP contribution in [-0.4, -0.2) is 17.3 Å². The van der Waals surface area contributed by atoms with Gasteiger partial charge in [0.15, 0.2) is 5.78 Å². The standard InChI is InChI=1S/C12H9ClN2O.C2H7N/c13-10-4-2-1-3-8(10)12(16)9-5-6-15-7-11(9)14;1-2-3/h1-7H,14H2;2-3H2,1H3. The first-order chi connectivity index (χ1) is 9.11. The molecule has 0 saturated heterocycles. The van der Waals surface area contributed by atoms with Crippen molar-refractivity contribution in [2.45, 2.75) is 6.92 Å². The van der Waals surface area contributed by atoms with Gasteiger partial charge in [-0.05, 0) is 24.7 Å². The van der Waals surface area contributed by atoms with Crippen molar-refractivity contribution in [3.8, 4) is 0 Å². The minimum absolute atomic E-state index is 0.189. The number of rotatable bonds is 2. The molecule has 5 heteroatoms. The Kier molecular flexibility index (Phi) is 5.99. The smallest absolute Gasteiger partial charge is 0.196 e. The van der Waals surface area contributed by atoms with Crippen molar-refractivity contribution in [3.63, 3.8) is 0 Å². The molecular weight excluding hydrogens is 262 g/mol. The van der Waals surface area contributed by atoms with Crippen LogP contribution in [0.5, 0.6) is 0 Å². The molecule has 0 fully saturated rings. The van der Waals surface area contributed by atoms with Crippen LogP contribution in [0.4, 0.5) is 5.69 Å². The Hall–Kier alpha value is -1.91. The number of anilines is 1. The van der Waals surface area contributed by atoms with E-state index in [1.165, 1.54) is 12.4 Å². The fraction of sp³-hybridized carbons (Fsp3) is 0.143. The zero-order valence-electron chi connectivity index (χ0n) is 10.6. The minimum atomic E-state index is -0.189. The number of hydrogen-bond acceptors (Lipinski definition) is 4. The lowest BCUT2D eigenvalue weighted by molar-refractivity contribution is 0.103. The normalized spacial score (nSPS) is 9.42. The van der Waals surface area contributed by atoms with E-state index in [0.29, 0.717) is 21.8 Å². The second-order valence-corrected chi connectivity index (χ2v) is 4.09. The predicted molar refractivity (Wildman–Crippen MR) is 78.3 cm³/mol. The average Bonchev–Trinajstić information content (AvgIpc) is 2.40. The van der Waals surface area contributed by atoms with E-state index in [4.69, 9.17) is 23.1 Å². The zero-order valence-corrected chi connectivity index (χ0v) is 11.4. The number of nitrogens with two attached hydrogens (primary N) is 2. The molecule has 0 aliphatic heterocycles. The summed E-state index contributed by atoms with van der Waals surface area (Å²) in [7, 11) is 0. The molecule has 0 atom stereocenters. The van der Waals surface area contributed by atoms with Gasteiger partial charge in [-0.25, -0.2) is 0 Å². The van der Waals surface area contributed by atoms with Crippen molar-refractivity contribution >= 4 is 23.1 Å². The van der Waals surface area contributed by atoms with Crippen molar-refractivity contribution in [2.75, 3.05) is 12.3 Å². The molecule has 1 aromatic heterocycles. The van der Waals surface area contributed by atoms with Crippen LogP contribution in [0.1, 0.15) is 22.8 Å². The van der Waals surface area contributed by atoms with Gasteiger partial charge in [0.2, 0.25) is 0 Å². The number of carbonyl (C=O) groups excluding carboxylic acids is 1. The first-order valence-corrected chi connectivity index (χ1v) is 6.18. The summed E-state index contributed by atoms with van der Waals surface area (Å²) in [5.74, 6) is -0.189. The van der Waals surface area contributed by atoms with Gasteiger partial charge in [-0.1, -0.05) is 30.7 Å². The summed E-state index contributed by atoms with van der Waals surface area (Å²) in [6.45, 7) is 2.65. The molecular formula is C14H16ClN3O. The number of halogens is 1. The lowest BCUT2D eigenvalue weighted by atomic mass is 10.0. The van der Waals surface area contributed by atoms with Gasteiger partial charge >= 0.3 is 0 Å². The zero-order chi connectivity index (χ0) is 14.3. The number of aromatic nitrogens is 1. The molecule has 4 nitrogen and oxygen atoms in total. The topological polar surface area (TPSA) is 82.0 Å². The highest BCUT2D eigenvalue weighted by Gasteiger charge is 2.14. The molecule has 4 N–H and O–H groups in total. The largest absolute Gasteiger partial charge is 0.397 e. The predicted octanol–water partition coefficient (Wildman–Crippen LogP) is 2.51. The maximum atomic E-state index is 12.1. The quantitative estimate of drug-likeness (QED) is 0.827. The lowest BCUT2D eigenvalue weighted by Crippen LogP contribution is -2.06. The maximum absolute atomic E-state index is 12.1. The number of nitrogen functional groups attached to an aromatic ring is 1. The number of carbonyl (C=O) groups is 1. The first kappa shape index (κ1) is 15.1. The third kappa shape index (κ3) is 4.05. The summed E-state index contributed by atoms with van der Waals surface area (Å²) >= 11 is 5.94. The summed E-state index contributed by atoms with van der Waals surface area (Å²) in [5.41, 5.74) is 11.7. The van der Waals surface area contributed by atoms with Gasteiger partial charge < -0.3 is 11.5 Å². The Morgan fingerprint density at radius 3 is 2.47 bits per heavy atom. The molecule has 0 amide bonds. The molecule has 0 aliphatic rings. The molecule has 100 valence electrons. The summed E-state index contributed by atoms with van der Waals surface area (Å²) in [5, 5.41) is 0.420. The fourth-order valence-corrected chi connectivity index (χ4v) is 1.63. The van der Waals surface area contributed by atoms with Crippen LogP contribution in [0.3, 0.4) is 0 Å². The molecule has 2 rings (SSSR count). The highest BCUT2D eigenvalue weighted by atomic mass is 35.5. The molecule has 1 aromatic carbocycles. The Balaban J connectivity index is 0.000000550. The van der Waals surface area contributed by atoms with Crippen LogP contribution in [0.2, 0.25) is 5.02 Å². The SMILES string of the molecule is CCN.Nc1cnccc1C(=O)c1ccccc1Cl. The van der Waals surface area contributed by atoms with Gasteiger partial charge in [0.05, 0.1) is 16.9 Å². The number of benzene rings is 1. The van der Waals surface area contributed by atoms with Crippen LogP contribution >= 0.6 is 11.6 Å². The van der Waals surface area contributed by atoms with Gasteiger partial charge in [-0.2, -0.15) is 0 Å². The van der Waals surface area contributed by atoms with Crippen molar-refractivity contribution in [3.05, 3.63) is 58.9 Å². The van der Waals surface area contributed by atoms with Crippen molar-refractivity contribution in [2.24, 2.45) is 5.73 Å². The third-order valence-corrected chi connectivity index (χ3v) is 2.54. The van der Waals surface area contributed by atoms with E-state index in [1.54, 1.807) is 30.3 Å². The summed E-state index contributed by atoms with van der Waals surface area (Å²) in [6.07, 6.45) is 2.98.